The van der Waals surface area contributed by atoms with E-state index in [-0.39, 0.29) is 11.8 Å². The summed E-state index contributed by atoms with van der Waals surface area (Å²) in [6.45, 7) is 2.66. The SMILES string of the molecule is CC1OC(=O)c2cc(C#N)c(N3CC(C(=O)NSc4ccc(Cl)s4)C3)nc21. The summed E-state index contributed by atoms with van der Waals surface area (Å²) in [6.07, 6.45) is -0.437. The number of fused-ring (bicyclic) bond motifs is 1. The summed E-state index contributed by atoms with van der Waals surface area (Å²) in [7, 11) is 0. The molecule has 1 N–H and O–H groups in total. The number of rotatable bonds is 4. The van der Waals surface area contributed by atoms with Crippen molar-refractivity contribution in [2.24, 2.45) is 5.92 Å². The van der Waals surface area contributed by atoms with Crippen LogP contribution in [-0.2, 0) is 9.53 Å². The number of aromatic nitrogens is 1. The molecule has 2 aliphatic heterocycles. The largest absolute Gasteiger partial charge is 0.452 e. The highest BCUT2D eigenvalue weighted by Crippen LogP contribution is 2.35. The molecule has 1 atom stereocenters. The minimum absolute atomic E-state index is 0.0766. The third-order valence-electron chi connectivity index (χ3n) is 4.39. The first kappa shape index (κ1) is 18.1. The number of anilines is 1. The first-order chi connectivity index (χ1) is 13.0. The number of ether oxygens (including phenoxy) is 1. The van der Waals surface area contributed by atoms with E-state index in [2.05, 4.69) is 15.8 Å². The number of carbonyl (C=O) groups excluding carboxylic acids is 2. The topological polar surface area (TPSA) is 95.3 Å². The Kier molecular flexibility index (Phi) is 4.72. The van der Waals surface area contributed by atoms with E-state index in [0.29, 0.717) is 40.1 Å². The Balaban J connectivity index is 1.42. The van der Waals surface area contributed by atoms with Gasteiger partial charge in [0.2, 0.25) is 5.91 Å². The molecule has 2 aromatic rings. The average Bonchev–Trinajstić information content (AvgIpc) is 3.14. The van der Waals surface area contributed by atoms with Gasteiger partial charge in [-0.05, 0) is 37.1 Å². The zero-order valence-corrected chi connectivity index (χ0v) is 16.5. The Bertz CT molecular complexity index is 981. The second kappa shape index (κ2) is 7.03. The monoisotopic (exact) mass is 420 g/mol. The summed E-state index contributed by atoms with van der Waals surface area (Å²) in [4.78, 5) is 30.4. The number of thiophene rings is 1. The van der Waals surface area contributed by atoms with E-state index in [1.54, 1.807) is 13.0 Å². The number of hydrogen-bond donors (Lipinski definition) is 1. The molecule has 0 spiro atoms. The molecule has 0 aromatic carbocycles. The van der Waals surface area contributed by atoms with E-state index in [9.17, 15) is 14.9 Å². The van der Waals surface area contributed by atoms with E-state index >= 15 is 0 Å². The van der Waals surface area contributed by atoms with Crippen LogP contribution in [0.4, 0.5) is 5.82 Å². The number of cyclic esters (lactones) is 1. The van der Waals surface area contributed by atoms with E-state index < -0.39 is 12.1 Å². The van der Waals surface area contributed by atoms with Crippen LogP contribution >= 0.6 is 34.9 Å². The highest BCUT2D eigenvalue weighted by molar-refractivity contribution is 7.99. The third kappa shape index (κ3) is 3.36. The molecule has 0 bridgehead atoms. The van der Waals surface area contributed by atoms with Gasteiger partial charge in [-0.3, -0.25) is 9.52 Å². The van der Waals surface area contributed by atoms with Crippen LogP contribution < -0.4 is 9.62 Å². The van der Waals surface area contributed by atoms with Gasteiger partial charge in [0.15, 0.2) is 0 Å². The number of esters is 1. The number of halogens is 1. The summed E-state index contributed by atoms with van der Waals surface area (Å²) in [5, 5.41) is 9.40. The Morgan fingerprint density at radius 2 is 2.30 bits per heavy atom. The summed E-state index contributed by atoms with van der Waals surface area (Å²) >= 11 is 8.52. The first-order valence-corrected chi connectivity index (χ1v) is 10.1. The fourth-order valence-corrected chi connectivity index (χ4v) is 4.93. The molecule has 1 saturated heterocycles. The number of pyridine rings is 1. The van der Waals surface area contributed by atoms with E-state index in [4.69, 9.17) is 16.3 Å². The lowest BCUT2D eigenvalue weighted by Crippen LogP contribution is -2.53. The number of nitriles is 1. The Hall–Kier alpha value is -2.28. The molecule has 27 heavy (non-hydrogen) atoms. The minimum atomic E-state index is -0.459. The molecule has 138 valence electrons. The number of nitrogens with zero attached hydrogens (tertiary/aromatic N) is 3. The molecule has 2 aliphatic rings. The number of hydrogen-bond acceptors (Lipinski definition) is 8. The van der Waals surface area contributed by atoms with Crippen LogP contribution in [0.2, 0.25) is 4.34 Å². The van der Waals surface area contributed by atoms with Crippen molar-refractivity contribution in [3.8, 4) is 6.07 Å². The zero-order valence-electron chi connectivity index (χ0n) is 14.1. The molecule has 1 fully saturated rings. The quantitative estimate of drug-likeness (QED) is 0.599. The molecule has 2 aromatic heterocycles. The van der Waals surface area contributed by atoms with Gasteiger partial charge in [-0.25, -0.2) is 9.78 Å². The number of amides is 1. The van der Waals surface area contributed by atoms with E-state index in [1.807, 2.05) is 11.0 Å². The van der Waals surface area contributed by atoms with Gasteiger partial charge in [0, 0.05) is 13.1 Å². The second-order valence-electron chi connectivity index (χ2n) is 6.18. The molecule has 0 aliphatic carbocycles. The van der Waals surface area contributed by atoms with Crippen molar-refractivity contribution in [3.63, 3.8) is 0 Å². The highest BCUT2D eigenvalue weighted by Gasteiger charge is 2.37. The van der Waals surface area contributed by atoms with Crippen molar-refractivity contribution in [2.45, 2.75) is 17.2 Å². The van der Waals surface area contributed by atoms with Crippen molar-refractivity contribution in [1.82, 2.24) is 9.71 Å². The van der Waals surface area contributed by atoms with Gasteiger partial charge in [0.05, 0.1) is 31.3 Å². The standard InChI is InChI=1S/C17H13ClN4O3S2/c1-8-14-11(17(24)25-8)4-9(5-19)15(20-14)22-6-10(7-22)16(23)21-27-13-3-2-12(18)26-13/h2-4,8,10H,6-7H2,1H3,(H,21,23). The average molecular weight is 421 g/mol. The van der Waals surface area contributed by atoms with Crippen LogP contribution in [0, 0.1) is 17.2 Å². The molecule has 0 saturated carbocycles. The predicted octanol–water partition coefficient (Wildman–Crippen LogP) is 3.16. The van der Waals surface area contributed by atoms with Gasteiger partial charge in [0.25, 0.3) is 0 Å². The zero-order chi connectivity index (χ0) is 19.1. The molecular weight excluding hydrogens is 408 g/mol. The Morgan fingerprint density at radius 1 is 1.52 bits per heavy atom. The second-order valence-corrected chi connectivity index (χ2v) is 9.00. The smallest absolute Gasteiger partial charge is 0.340 e. The van der Waals surface area contributed by atoms with Crippen LogP contribution in [0.5, 0.6) is 0 Å². The maximum atomic E-state index is 12.3. The van der Waals surface area contributed by atoms with Gasteiger partial charge in [0.1, 0.15) is 18.0 Å². The summed E-state index contributed by atoms with van der Waals surface area (Å²) in [5.74, 6) is -0.236. The lowest BCUT2D eigenvalue weighted by molar-refractivity contribution is -0.123. The van der Waals surface area contributed by atoms with Crippen LogP contribution in [0.25, 0.3) is 0 Å². The molecule has 10 heteroatoms. The lowest BCUT2D eigenvalue weighted by atomic mass is 9.98. The van der Waals surface area contributed by atoms with Crippen molar-refractivity contribution >= 4 is 52.6 Å². The summed E-state index contributed by atoms with van der Waals surface area (Å²) < 4.78 is 9.55. The van der Waals surface area contributed by atoms with Gasteiger partial charge < -0.3 is 9.64 Å². The molecular formula is C17H13ClN4O3S2. The predicted molar refractivity (Wildman–Crippen MR) is 102 cm³/mol. The van der Waals surface area contributed by atoms with Crippen molar-refractivity contribution in [1.29, 1.82) is 5.26 Å². The fourth-order valence-electron chi connectivity index (χ4n) is 2.95. The van der Waals surface area contributed by atoms with Crippen molar-refractivity contribution in [2.75, 3.05) is 18.0 Å². The fraction of sp³-hybridized carbons (Fsp3) is 0.294. The van der Waals surface area contributed by atoms with Gasteiger partial charge in [-0.15, -0.1) is 11.3 Å². The Morgan fingerprint density at radius 3 is 2.96 bits per heavy atom. The lowest BCUT2D eigenvalue weighted by Gasteiger charge is -2.39. The highest BCUT2D eigenvalue weighted by atomic mass is 35.5. The van der Waals surface area contributed by atoms with Crippen LogP contribution in [0.15, 0.2) is 22.4 Å². The van der Waals surface area contributed by atoms with Gasteiger partial charge >= 0.3 is 5.97 Å². The molecule has 4 rings (SSSR count). The van der Waals surface area contributed by atoms with Crippen molar-refractivity contribution in [3.05, 3.63) is 39.4 Å². The third-order valence-corrected chi connectivity index (χ3v) is 6.56. The van der Waals surface area contributed by atoms with Crippen LogP contribution in [0.1, 0.15) is 34.6 Å². The van der Waals surface area contributed by atoms with E-state index in [1.165, 1.54) is 29.4 Å². The van der Waals surface area contributed by atoms with Gasteiger partial charge in [-0.2, -0.15) is 5.26 Å². The molecule has 0 radical (unpaired) electrons. The maximum Gasteiger partial charge on any atom is 0.340 e. The minimum Gasteiger partial charge on any atom is -0.452 e. The van der Waals surface area contributed by atoms with E-state index in [0.717, 1.165) is 4.21 Å². The first-order valence-electron chi connectivity index (χ1n) is 8.09. The molecule has 1 unspecified atom stereocenters. The molecule has 1 amide bonds. The molecule has 7 nitrogen and oxygen atoms in total. The van der Waals surface area contributed by atoms with Crippen molar-refractivity contribution < 1.29 is 14.3 Å². The van der Waals surface area contributed by atoms with Crippen LogP contribution in [0.3, 0.4) is 0 Å². The van der Waals surface area contributed by atoms with Crippen LogP contribution in [-0.4, -0.2) is 29.9 Å². The number of carbonyl (C=O) groups is 2. The summed E-state index contributed by atoms with van der Waals surface area (Å²) in [6, 6.07) is 7.23. The normalized spacial score (nSPS) is 18.5. The summed E-state index contributed by atoms with van der Waals surface area (Å²) in [5.41, 5.74) is 1.18. The van der Waals surface area contributed by atoms with Gasteiger partial charge in [-0.1, -0.05) is 11.6 Å². The Labute approximate surface area is 168 Å². The number of nitrogens with one attached hydrogen (secondary N) is 1. The molecule has 4 heterocycles. The maximum absolute atomic E-state index is 12.3.